The van der Waals surface area contributed by atoms with Crippen LogP contribution in [0.25, 0.3) is 10.6 Å². The van der Waals surface area contributed by atoms with Gasteiger partial charge >= 0.3 is 5.97 Å². The Morgan fingerprint density at radius 2 is 2.07 bits per heavy atom. The Morgan fingerprint density at radius 1 is 1.27 bits per heavy atom. The van der Waals surface area contributed by atoms with Crippen LogP contribution in [0.2, 0.25) is 0 Å². The van der Waals surface area contributed by atoms with Crippen LogP contribution in [0, 0.1) is 18.3 Å². The summed E-state index contributed by atoms with van der Waals surface area (Å²) in [4.78, 5) is 17.2. The topological polar surface area (TPSA) is 72.2 Å². The number of nitrogens with zero attached hydrogens (tertiary/aromatic N) is 2. The molecular weight excluding hydrogens is 396 g/mol. The van der Waals surface area contributed by atoms with Crippen molar-refractivity contribution in [2.75, 3.05) is 6.61 Å². The predicted octanol–water partition coefficient (Wildman–Crippen LogP) is 5.16. The Labute approximate surface area is 179 Å². The van der Waals surface area contributed by atoms with Crippen LogP contribution in [0.5, 0.6) is 5.75 Å². The first-order valence-corrected chi connectivity index (χ1v) is 10.7. The Kier molecular flexibility index (Phi) is 5.82. The molecule has 0 spiro atoms. The summed E-state index contributed by atoms with van der Waals surface area (Å²) in [5, 5.41) is 9.90. The first-order chi connectivity index (χ1) is 14.5. The summed E-state index contributed by atoms with van der Waals surface area (Å²) in [6, 6.07) is 15.6. The van der Waals surface area contributed by atoms with E-state index in [9.17, 15) is 4.79 Å². The van der Waals surface area contributed by atoms with Gasteiger partial charge in [0, 0.05) is 23.8 Å². The molecule has 0 radical (unpaired) electrons. The van der Waals surface area contributed by atoms with Gasteiger partial charge in [-0.1, -0.05) is 18.2 Å². The molecule has 1 aliphatic carbocycles. The van der Waals surface area contributed by atoms with Gasteiger partial charge in [-0.3, -0.25) is 4.79 Å². The fourth-order valence-corrected chi connectivity index (χ4v) is 4.67. The van der Waals surface area contributed by atoms with Gasteiger partial charge in [-0.25, -0.2) is 4.98 Å². The lowest BCUT2D eigenvalue weighted by molar-refractivity contribution is -0.146. The predicted molar refractivity (Wildman–Crippen MR) is 115 cm³/mol. The molecule has 0 bridgehead atoms. The Morgan fingerprint density at radius 3 is 2.80 bits per heavy atom. The molecule has 0 amide bonds. The first kappa shape index (κ1) is 20.1. The standard InChI is InChI=1S/C24H22N2O3S/c1-15-22(26-24(30-15)18-5-3-17(14-25)4-6-18)11-12-28-20-8-9-21-19(13-20)7-10-23(21)29-16(2)27/h3-6,8-9,13,23H,7,10-12H2,1-2H3. The Hall–Kier alpha value is -3.17. The molecule has 0 saturated carbocycles. The van der Waals surface area contributed by atoms with Crippen LogP contribution in [0.15, 0.2) is 42.5 Å². The zero-order valence-electron chi connectivity index (χ0n) is 17.0. The second kappa shape index (κ2) is 8.68. The highest BCUT2D eigenvalue weighted by atomic mass is 32.1. The van der Waals surface area contributed by atoms with Crippen LogP contribution in [-0.2, 0) is 22.4 Å². The minimum absolute atomic E-state index is 0.134. The zero-order valence-corrected chi connectivity index (χ0v) is 17.8. The molecule has 6 heteroatoms. The molecule has 1 atom stereocenters. The highest BCUT2D eigenvalue weighted by Gasteiger charge is 2.25. The van der Waals surface area contributed by atoms with Crippen molar-refractivity contribution in [2.45, 2.75) is 39.2 Å². The average Bonchev–Trinajstić information content (AvgIpc) is 3.31. The smallest absolute Gasteiger partial charge is 0.303 e. The number of hydrogen-bond acceptors (Lipinski definition) is 6. The Balaban J connectivity index is 1.37. The molecule has 1 aliphatic rings. The molecule has 4 rings (SSSR count). The quantitative estimate of drug-likeness (QED) is 0.517. The van der Waals surface area contributed by atoms with Crippen molar-refractivity contribution in [1.29, 1.82) is 5.26 Å². The summed E-state index contributed by atoms with van der Waals surface area (Å²) in [7, 11) is 0. The largest absolute Gasteiger partial charge is 0.493 e. The van der Waals surface area contributed by atoms with E-state index in [2.05, 4.69) is 19.1 Å². The molecule has 5 nitrogen and oxygen atoms in total. The van der Waals surface area contributed by atoms with Gasteiger partial charge in [0.2, 0.25) is 0 Å². The molecule has 1 unspecified atom stereocenters. The van der Waals surface area contributed by atoms with E-state index in [-0.39, 0.29) is 12.1 Å². The van der Waals surface area contributed by atoms with Gasteiger partial charge in [0.25, 0.3) is 0 Å². The fourth-order valence-electron chi connectivity index (χ4n) is 3.70. The van der Waals surface area contributed by atoms with Crippen molar-refractivity contribution in [1.82, 2.24) is 4.98 Å². The number of carbonyl (C=O) groups is 1. The third-order valence-corrected chi connectivity index (χ3v) is 6.27. The number of ether oxygens (including phenoxy) is 2. The van der Waals surface area contributed by atoms with Crippen LogP contribution >= 0.6 is 11.3 Å². The Bertz CT molecular complexity index is 1110. The molecule has 3 aromatic rings. The number of aromatic nitrogens is 1. The van der Waals surface area contributed by atoms with E-state index >= 15 is 0 Å². The molecule has 0 saturated heterocycles. The van der Waals surface area contributed by atoms with E-state index in [1.54, 1.807) is 11.3 Å². The van der Waals surface area contributed by atoms with Crippen molar-refractivity contribution in [3.05, 3.63) is 69.7 Å². The van der Waals surface area contributed by atoms with E-state index in [0.29, 0.717) is 12.2 Å². The summed E-state index contributed by atoms with van der Waals surface area (Å²) in [6.45, 7) is 4.07. The van der Waals surface area contributed by atoms with E-state index in [0.717, 1.165) is 46.8 Å². The summed E-state index contributed by atoms with van der Waals surface area (Å²) in [6.07, 6.45) is 2.31. The number of carbonyl (C=O) groups excluding carboxylic acids is 1. The highest BCUT2D eigenvalue weighted by molar-refractivity contribution is 7.15. The molecule has 1 aromatic heterocycles. The zero-order chi connectivity index (χ0) is 21.1. The van der Waals surface area contributed by atoms with Crippen LogP contribution in [-0.4, -0.2) is 17.6 Å². The van der Waals surface area contributed by atoms with E-state index < -0.39 is 0 Å². The number of benzene rings is 2. The lowest BCUT2D eigenvalue weighted by atomic mass is 10.1. The van der Waals surface area contributed by atoms with Gasteiger partial charge in [0.05, 0.1) is 23.9 Å². The summed E-state index contributed by atoms with van der Waals surface area (Å²) in [5.41, 5.74) is 4.98. The van der Waals surface area contributed by atoms with E-state index in [1.807, 2.05) is 36.4 Å². The summed E-state index contributed by atoms with van der Waals surface area (Å²) < 4.78 is 11.4. The fraction of sp³-hybridized carbons (Fsp3) is 0.292. The number of hydrogen-bond donors (Lipinski definition) is 0. The van der Waals surface area contributed by atoms with Crippen LogP contribution in [0.1, 0.15) is 46.7 Å². The summed E-state index contributed by atoms with van der Waals surface area (Å²) >= 11 is 1.66. The monoisotopic (exact) mass is 418 g/mol. The average molecular weight is 419 g/mol. The second-order valence-electron chi connectivity index (χ2n) is 7.31. The molecule has 0 N–H and O–H groups in total. The third-order valence-electron chi connectivity index (χ3n) is 5.21. The van der Waals surface area contributed by atoms with Crippen molar-refractivity contribution in [3.8, 4) is 22.4 Å². The molecular formula is C24H22N2O3S. The SMILES string of the molecule is CC(=O)OC1CCc2cc(OCCc3nc(-c4ccc(C#N)cc4)sc3C)ccc21. The third kappa shape index (κ3) is 4.37. The molecule has 0 fully saturated rings. The van der Waals surface area contributed by atoms with Crippen molar-refractivity contribution >= 4 is 17.3 Å². The molecule has 0 aliphatic heterocycles. The van der Waals surface area contributed by atoms with Crippen LogP contribution in [0.4, 0.5) is 0 Å². The van der Waals surface area contributed by atoms with E-state index in [1.165, 1.54) is 17.4 Å². The van der Waals surface area contributed by atoms with Crippen molar-refractivity contribution < 1.29 is 14.3 Å². The van der Waals surface area contributed by atoms with Crippen molar-refractivity contribution in [3.63, 3.8) is 0 Å². The van der Waals surface area contributed by atoms with Gasteiger partial charge in [-0.15, -0.1) is 11.3 Å². The maximum atomic E-state index is 11.2. The number of rotatable bonds is 6. The number of esters is 1. The number of thiazole rings is 1. The van der Waals surface area contributed by atoms with Crippen molar-refractivity contribution in [2.24, 2.45) is 0 Å². The molecule has 2 aromatic carbocycles. The van der Waals surface area contributed by atoms with Gasteiger partial charge in [0.1, 0.15) is 16.9 Å². The lowest BCUT2D eigenvalue weighted by Gasteiger charge is -2.12. The lowest BCUT2D eigenvalue weighted by Crippen LogP contribution is -2.05. The van der Waals surface area contributed by atoms with E-state index in [4.69, 9.17) is 19.7 Å². The second-order valence-corrected chi connectivity index (χ2v) is 8.51. The van der Waals surface area contributed by atoms with Crippen LogP contribution in [0.3, 0.4) is 0 Å². The molecule has 1 heterocycles. The number of fused-ring (bicyclic) bond motifs is 1. The maximum absolute atomic E-state index is 11.2. The number of aryl methyl sites for hydroxylation is 2. The minimum atomic E-state index is -0.243. The molecule has 30 heavy (non-hydrogen) atoms. The normalized spacial score (nSPS) is 14.8. The van der Waals surface area contributed by atoms with Gasteiger partial charge in [-0.2, -0.15) is 5.26 Å². The van der Waals surface area contributed by atoms with Gasteiger partial charge in [-0.05, 0) is 55.2 Å². The first-order valence-electron chi connectivity index (χ1n) is 9.93. The maximum Gasteiger partial charge on any atom is 0.303 e. The van der Waals surface area contributed by atoms with Gasteiger partial charge < -0.3 is 9.47 Å². The number of nitriles is 1. The minimum Gasteiger partial charge on any atom is -0.493 e. The summed E-state index contributed by atoms with van der Waals surface area (Å²) in [5.74, 6) is 0.588. The highest BCUT2D eigenvalue weighted by Crippen LogP contribution is 2.36. The van der Waals surface area contributed by atoms with Gasteiger partial charge in [0.15, 0.2) is 0 Å². The molecule has 152 valence electrons. The van der Waals surface area contributed by atoms with Crippen LogP contribution < -0.4 is 4.74 Å².